The first-order valence-corrected chi connectivity index (χ1v) is 8.87. The van der Waals surface area contributed by atoms with Crippen LogP contribution in [-0.2, 0) is 20.7 Å². The molecule has 0 amide bonds. The smallest absolute Gasteiger partial charge is 0.490 e. The molecule has 158 valence electrons. The summed E-state index contributed by atoms with van der Waals surface area (Å²) in [7, 11) is 3.14. The predicted octanol–water partition coefficient (Wildman–Crippen LogP) is 3.33. The lowest BCUT2D eigenvalue weighted by molar-refractivity contribution is -0.192. The van der Waals surface area contributed by atoms with Gasteiger partial charge in [0.2, 0.25) is 0 Å². The van der Waals surface area contributed by atoms with E-state index < -0.39 is 17.7 Å². The van der Waals surface area contributed by atoms with Gasteiger partial charge >= 0.3 is 18.1 Å². The quantitative estimate of drug-likeness (QED) is 0.707. The largest absolute Gasteiger partial charge is 0.497 e. The lowest BCUT2D eigenvalue weighted by atomic mass is 9.94. The van der Waals surface area contributed by atoms with Crippen LogP contribution in [0.25, 0.3) is 0 Å². The summed E-state index contributed by atoms with van der Waals surface area (Å²) in [5.41, 5.74) is 0.823. The third-order valence-electron chi connectivity index (χ3n) is 4.76. The Labute approximate surface area is 162 Å². The topological polar surface area (TPSA) is 84.9 Å². The maximum absolute atomic E-state index is 12.0. The van der Waals surface area contributed by atoms with Crippen LogP contribution in [-0.4, -0.2) is 49.0 Å². The molecule has 1 aliphatic heterocycles. The van der Waals surface area contributed by atoms with Crippen LogP contribution >= 0.6 is 0 Å². The highest BCUT2D eigenvalue weighted by Crippen LogP contribution is 2.30. The highest BCUT2D eigenvalue weighted by molar-refractivity contribution is 5.81. The molecule has 28 heavy (non-hydrogen) atoms. The van der Waals surface area contributed by atoms with Gasteiger partial charge in [-0.05, 0) is 49.8 Å². The zero-order chi connectivity index (χ0) is 21.4. The minimum atomic E-state index is -5.08. The highest BCUT2D eigenvalue weighted by atomic mass is 19.4. The Morgan fingerprint density at radius 3 is 2.25 bits per heavy atom. The molecule has 0 bridgehead atoms. The third-order valence-corrected chi connectivity index (χ3v) is 4.76. The maximum Gasteiger partial charge on any atom is 0.490 e. The zero-order valence-electron chi connectivity index (χ0n) is 16.1. The number of esters is 1. The van der Waals surface area contributed by atoms with E-state index >= 15 is 0 Å². The number of aliphatic carboxylic acids is 1. The van der Waals surface area contributed by atoms with E-state index in [2.05, 4.69) is 17.4 Å². The van der Waals surface area contributed by atoms with Crippen molar-refractivity contribution in [2.75, 3.05) is 14.2 Å². The molecule has 0 spiro atoms. The minimum Gasteiger partial charge on any atom is -0.497 e. The van der Waals surface area contributed by atoms with Gasteiger partial charge in [-0.3, -0.25) is 10.1 Å². The van der Waals surface area contributed by atoms with Gasteiger partial charge in [-0.15, -0.1) is 0 Å². The van der Waals surface area contributed by atoms with Crippen molar-refractivity contribution < 1.29 is 37.3 Å². The van der Waals surface area contributed by atoms with Gasteiger partial charge in [-0.2, -0.15) is 13.2 Å². The van der Waals surface area contributed by atoms with Gasteiger partial charge in [0.05, 0.1) is 14.2 Å². The first-order chi connectivity index (χ1) is 13.1. The second kappa shape index (κ2) is 10.3. The molecule has 2 rings (SSSR count). The summed E-state index contributed by atoms with van der Waals surface area (Å²) in [5.74, 6) is -2.00. The number of carbonyl (C=O) groups excluding carboxylic acids is 1. The maximum atomic E-state index is 12.0. The molecule has 1 aromatic rings. The summed E-state index contributed by atoms with van der Waals surface area (Å²) in [6, 6.07) is 8.55. The number of carboxylic acid groups (broad SMARTS) is 1. The van der Waals surface area contributed by atoms with Crippen molar-refractivity contribution in [2.24, 2.45) is 0 Å². The number of aryl methyl sites for hydroxylation is 1. The monoisotopic (exact) mass is 405 g/mol. The van der Waals surface area contributed by atoms with Crippen LogP contribution in [0, 0.1) is 0 Å². The number of nitrogens with one attached hydrogen (secondary N) is 1. The normalized spacial score (nSPS) is 21.4. The fourth-order valence-electron chi connectivity index (χ4n) is 3.08. The van der Waals surface area contributed by atoms with Gasteiger partial charge in [-0.1, -0.05) is 19.1 Å². The molecule has 1 aromatic carbocycles. The third kappa shape index (κ3) is 6.70. The molecule has 0 aromatic heterocycles. The fraction of sp³-hybridized carbons (Fsp3) is 0.579. The molecule has 1 saturated heterocycles. The molecule has 6 nitrogen and oxygen atoms in total. The van der Waals surface area contributed by atoms with Crippen LogP contribution in [0.4, 0.5) is 13.2 Å². The van der Waals surface area contributed by atoms with Crippen molar-refractivity contribution in [1.82, 2.24) is 5.32 Å². The second-order valence-corrected chi connectivity index (χ2v) is 6.50. The number of methoxy groups -OCH3 is 2. The summed E-state index contributed by atoms with van der Waals surface area (Å²) >= 11 is 0. The van der Waals surface area contributed by atoms with E-state index in [1.807, 2.05) is 19.1 Å². The summed E-state index contributed by atoms with van der Waals surface area (Å²) in [6.07, 6.45) is -0.380. The Bertz CT molecular complexity index is 648. The molecule has 9 heteroatoms. The lowest BCUT2D eigenvalue weighted by Crippen LogP contribution is -2.50. The minimum absolute atomic E-state index is 0.128. The molecular formula is C19H26F3NO5. The number of carbonyl (C=O) groups is 2. The summed E-state index contributed by atoms with van der Waals surface area (Å²) in [6.45, 7) is 2.04. The number of ether oxygens (including phenoxy) is 2. The van der Waals surface area contributed by atoms with E-state index in [0.717, 1.165) is 37.9 Å². The van der Waals surface area contributed by atoms with Crippen molar-refractivity contribution in [2.45, 2.75) is 56.8 Å². The van der Waals surface area contributed by atoms with Crippen molar-refractivity contribution in [3.63, 3.8) is 0 Å². The Morgan fingerprint density at radius 2 is 1.82 bits per heavy atom. The molecular weight excluding hydrogens is 379 g/mol. The fourth-order valence-corrected chi connectivity index (χ4v) is 3.08. The molecule has 0 radical (unpaired) electrons. The zero-order valence-corrected chi connectivity index (χ0v) is 16.1. The summed E-state index contributed by atoms with van der Waals surface area (Å²) in [4.78, 5) is 20.9. The predicted molar refractivity (Wildman–Crippen MR) is 96.2 cm³/mol. The van der Waals surface area contributed by atoms with E-state index in [-0.39, 0.29) is 5.97 Å². The number of hydrogen-bond donors (Lipinski definition) is 2. The summed E-state index contributed by atoms with van der Waals surface area (Å²) in [5, 5.41) is 10.6. The number of rotatable bonds is 6. The van der Waals surface area contributed by atoms with Crippen LogP contribution in [0.3, 0.4) is 0 Å². The van der Waals surface area contributed by atoms with E-state index in [1.54, 1.807) is 7.11 Å². The second-order valence-electron chi connectivity index (χ2n) is 6.50. The number of alkyl halides is 3. The SMILES string of the molecule is CC[C@]1(C(=O)OC)CC[C@H](CCc2ccc(OC)cc2)N1.O=C(O)C(F)(F)F. The molecule has 1 aliphatic rings. The lowest BCUT2D eigenvalue weighted by Gasteiger charge is -2.26. The van der Waals surface area contributed by atoms with Crippen molar-refractivity contribution in [3.8, 4) is 5.75 Å². The van der Waals surface area contributed by atoms with Gasteiger partial charge in [0.1, 0.15) is 11.3 Å². The molecule has 1 heterocycles. The summed E-state index contributed by atoms with van der Waals surface area (Å²) < 4.78 is 41.8. The van der Waals surface area contributed by atoms with Crippen LogP contribution in [0.5, 0.6) is 5.75 Å². The first-order valence-electron chi connectivity index (χ1n) is 8.87. The van der Waals surface area contributed by atoms with Crippen LogP contribution in [0.1, 0.15) is 38.2 Å². The average Bonchev–Trinajstić information content (AvgIpc) is 3.10. The van der Waals surface area contributed by atoms with Gasteiger partial charge in [0.25, 0.3) is 0 Å². The molecule has 2 atom stereocenters. The molecule has 0 saturated carbocycles. The van der Waals surface area contributed by atoms with Crippen LogP contribution in [0.15, 0.2) is 24.3 Å². The van der Waals surface area contributed by atoms with Crippen LogP contribution in [0.2, 0.25) is 0 Å². The molecule has 0 aliphatic carbocycles. The Morgan fingerprint density at radius 1 is 1.25 bits per heavy atom. The van der Waals surface area contributed by atoms with Gasteiger partial charge < -0.3 is 14.6 Å². The highest BCUT2D eigenvalue weighted by Gasteiger charge is 2.44. The van der Waals surface area contributed by atoms with Gasteiger partial charge in [0, 0.05) is 6.04 Å². The number of hydrogen-bond acceptors (Lipinski definition) is 5. The molecule has 0 unspecified atom stereocenters. The van der Waals surface area contributed by atoms with E-state index in [9.17, 15) is 18.0 Å². The van der Waals surface area contributed by atoms with E-state index in [0.29, 0.717) is 6.04 Å². The van der Waals surface area contributed by atoms with Crippen molar-refractivity contribution in [1.29, 1.82) is 0 Å². The number of halogens is 3. The van der Waals surface area contributed by atoms with Crippen molar-refractivity contribution in [3.05, 3.63) is 29.8 Å². The van der Waals surface area contributed by atoms with E-state index in [4.69, 9.17) is 19.4 Å². The van der Waals surface area contributed by atoms with Crippen LogP contribution < -0.4 is 10.1 Å². The van der Waals surface area contributed by atoms with Gasteiger partial charge in [0.15, 0.2) is 0 Å². The molecule has 1 fully saturated rings. The first kappa shape index (κ1) is 23.7. The average molecular weight is 405 g/mol. The van der Waals surface area contributed by atoms with Crippen molar-refractivity contribution >= 4 is 11.9 Å². The van der Waals surface area contributed by atoms with E-state index in [1.165, 1.54) is 12.7 Å². The molecule has 2 N–H and O–H groups in total. The Balaban J connectivity index is 0.000000480. The number of benzene rings is 1. The number of carboxylic acids is 1. The van der Waals surface area contributed by atoms with Gasteiger partial charge in [-0.25, -0.2) is 4.79 Å². The Kier molecular flexibility index (Phi) is 8.74. The Hall–Kier alpha value is -2.29. The standard InChI is InChI=1S/C17H25NO3.C2HF3O2/c1-4-17(16(19)21-3)12-11-14(18-17)8-5-13-6-9-15(20-2)10-7-13;3-2(4,5)1(6)7/h6-7,9-10,14,18H,4-5,8,11-12H2,1-3H3;(H,6,7)/t14-,17+;/m0./s1.